The van der Waals surface area contributed by atoms with Crippen molar-refractivity contribution in [2.75, 3.05) is 25.1 Å². The summed E-state index contributed by atoms with van der Waals surface area (Å²) in [7, 11) is 0. The van der Waals surface area contributed by atoms with Gasteiger partial charge >= 0.3 is 6.03 Å². The van der Waals surface area contributed by atoms with E-state index in [4.69, 9.17) is 4.74 Å². The molecule has 22 heavy (non-hydrogen) atoms. The zero-order valence-corrected chi connectivity index (χ0v) is 12.6. The number of carbonyl (C=O) groups is 1. The van der Waals surface area contributed by atoms with Crippen LogP contribution in [0.1, 0.15) is 12.5 Å². The molecule has 0 aliphatic carbocycles. The third kappa shape index (κ3) is 3.46. The van der Waals surface area contributed by atoms with Gasteiger partial charge in [0.2, 0.25) is 0 Å². The number of aromatic nitrogens is 2. The second kappa shape index (κ2) is 6.62. The Kier molecular flexibility index (Phi) is 4.39. The van der Waals surface area contributed by atoms with Crippen LogP contribution >= 0.6 is 0 Å². The summed E-state index contributed by atoms with van der Waals surface area (Å²) >= 11 is 0. The van der Waals surface area contributed by atoms with E-state index in [0.29, 0.717) is 32.1 Å². The number of benzene rings is 1. The Morgan fingerprint density at radius 3 is 2.95 bits per heavy atom. The highest BCUT2D eigenvalue weighted by atomic mass is 16.5. The molecular formula is C16H20N4O2. The smallest absolute Gasteiger partial charge is 0.323 e. The van der Waals surface area contributed by atoms with E-state index in [1.54, 1.807) is 4.90 Å². The molecule has 2 heterocycles. The largest absolute Gasteiger partial charge is 0.377 e. The van der Waals surface area contributed by atoms with Crippen LogP contribution in [0.3, 0.4) is 0 Å². The van der Waals surface area contributed by atoms with Gasteiger partial charge < -0.3 is 9.64 Å². The highest BCUT2D eigenvalue weighted by molar-refractivity contribution is 5.88. The van der Waals surface area contributed by atoms with Crippen molar-refractivity contribution in [1.29, 1.82) is 0 Å². The van der Waals surface area contributed by atoms with E-state index < -0.39 is 0 Å². The minimum absolute atomic E-state index is 0.0835. The van der Waals surface area contributed by atoms with E-state index in [1.165, 1.54) is 5.56 Å². The number of morpholine rings is 1. The normalized spacial score (nSPS) is 18.2. The second-order valence-electron chi connectivity index (χ2n) is 5.43. The summed E-state index contributed by atoms with van der Waals surface area (Å²) in [6.45, 7) is 4.44. The topological polar surface area (TPSA) is 59.4 Å². The summed E-state index contributed by atoms with van der Waals surface area (Å²) in [5.41, 5.74) is 1.17. The molecule has 1 N–H and O–H groups in total. The van der Waals surface area contributed by atoms with E-state index in [-0.39, 0.29) is 12.1 Å². The molecule has 6 heteroatoms. The summed E-state index contributed by atoms with van der Waals surface area (Å²) in [4.78, 5) is 14.0. The molecule has 2 aromatic rings. The molecule has 1 atom stereocenters. The fraction of sp³-hybridized carbons (Fsp3) is 0.375. The molecule has 0 bridgehead atoms. The molecule has 1 unspecified atom stereocenters. The first-order valence-corrected chi connectivity index (χ1v) is 7.45. The average molecular weight is 300 g/mol. The van der Waals surface area contributed by atoms with Gasteiger partial charge in [-0.15, -0.1) is 0 Å². The number of amides is 2. The van der Waals surface area contributed by atoms with Crippen molar-refractivity contribution < 1.29 is 9.53 Å². The van der Waals surface area contributed by atoms with Crippen LogP contribution in [0, 0.1) is 0 Å². The van der Waals surface area contributed by atoms with E-state index in [9.17, 15) is 4.79 Å². The van der Waals surface area contributed by atoms with Gasteiger partial charge in [-0.25, -0.2) is 4.79 Å². The molecule has 1 saturated heterocycles. The fourth-order valence-electron chi connectivity index (χ4n) is 2.50. The molecule has 0 spiro atoms. The molecule has 1 aliphatic heterocycles. The predicted octanol–water partition coefficient (Wildman–Crippen LogP) is 2.18. The molecule has 1 fully saturated rings. The van der Waals surface area contributed by atoms with Crippen LogP contribution in [-0.2, 0) is 11.3 Å². The van der Waals surface area contributed by atoms with E-state index in [1.807, 2.05) is 42.1 Å². The highest BCUT2D eigenvalue weighted by Crippen LogP contribution is 2.11. The van der Waals surface area contributed by atoms with Crippen molar-refractivity contribution in [2.24, 2.45) is 0 Å². The minimum atomic E-state index is -0.124. The van der Waals surface area contributed by atoms with Gasteiger partial charge in [0.05, 0.1) is 25.8 Å². The number of urea groups is 1. The minimum Gasteiger partial charge on any atom is -0.377 e. The molecule has 6 nitrogen and oxygen atoms in total. The van der Waals surface area contributed by atoms with Crippen LogP contribution in [-0.4, -0.2) is 46.5 Å². The summed E-state index contributed by atoms with van der Waals surface area (Å²) in [5.74, 6) is 0.569. The summed E-state index contributed by atoms with van der Waals surface area (Å²) < 4.78 is 7.15. The maximum absolute atomic E-state index is 12.3. The van der Waals surface area contributed by atoms with Gasteiger partial charge in [-0.1, -0.05) is 30.3 Å². The first-order chi connectivity index (χ1) is 10.7. The molecule has 3 rings (SSSR count). The Morgan fingerprint density at radius 1 is 1.36 bits per heavy atom. The summed E-state index contributed by atoms with van der Waals surface area (Å²) in [6, 6.07) is 11.9. The maximum Gasteiger partial charge on any atom is 0.323 e. The Hall–Kier alpha value is -2.34. The quantitative estimate of drug-likeness (QED) is 0.945. The third-order valence-electron chi connectivity index (χ3n) is 3.69. The van der Waals surface area contributed by atoms with Crippen LogP contribution < -0.4 is 5.32 Å². The van der Waals surface area contributed by atoms with Crippen LogP contribution in [0.5, 0.6) is 0 Å². The van der Waals surface area contributed by atoms with E-state index in [2.05, 4.69) is 22.5 Å². The summed E-state index contributed by atoms with van der Waals surface area (Å²) in [6.07, 6.45) is 1.87. The van der Waals surface area contributed by atoms with Gasteiger partial charge in [-0.3, -0.25) is 10.00 Å². The maximum atomic E-state index is 12.3. The number of anilines is 1. The molecule has 1 aromatic carbocycles. The van der Waals surface area contributed by atoms with Crippen molar-refractivity contribution in [3.8, 4) is 0 Å². The average Bonchev–Trinajstić information content (AvgIpc) is 2.95. The molecular weight excluding hydrogens is 280 g/mol. The van der Waals surface area contributed by atoms with Crippen molar-refractivity contribution in [1.82, 2.24) is 14.7 Å². The van der Waals surface area contributed by atoms with Crippen molar-refractivity contribution in [3.63, 3.8) is 0 Å². The van der Waals surface area contributed by atoms with Gasteiger partial charge in [-0.2, -0.15) is 5.10 Å². The van der Waals surface area contributed by atoms with Crippen LogP contribution in [0.4, 0.5) is 10.6 Å². The number of nitrogens with one attached hydrogen (secondary N) is 1. The Balaban J connectivity index is 1.60. The predicted molar refractivity (Wildman–Crippen MR) is 83.8 cm³/mol. The van der Waals surface area contributed by atoms with Crippen LogP contribution in [0.2, 0.25) is 0 Å². The number of rotatable bonds is 3. The van der Waals surface area contributed by atoms with Crippen molar-refractivity contribution in [3.05, 3.63) is 48.2 Å². The molecule has 116 valence electrons. The monoisotopic (exact) mass is 300 g/mol. The molecule has 0 saturated carbocycles. The lowest BCUT2D eigenvalue weighted by molar-refractivity contribution is 0.0221. The zero-order chi connectivity index (χ0) is 15.4. The Labute approximate surface area is 129 Å². The fourth-order valence-corrected chi connectivity index (χ4v) is 2.50. The van der Waals surface area contributed by atoms with Crippen molar-refractivity contribution in [2.45, 2.75) is 19.5 Å². The van der Waals surface area contributed by atoms with Gasteiger partial charge in [0.25, 0.3) is 0 Å². The highest BCUT2D eigenvalue weighted by Gasteiger charge is 2.24. The van der Waals surface area contributed by atoms with Crippen molar-refractivity contribution >= 4 is 11.8 Å². The number of hydrogen-bond donors (Lipinski definition) is 1. The first-order valence-electron chi connectivity index (χ1n) is 7.45. The van der Waals surface area contributed by atoms with Crippen LogP contribution in [0.25, 0.3) is 0 Å². The standard InChI is InChI=1S/C16H20N4O2/c1-13-12-22-10-9-20(13)16(21)17-15-7-8-19(18-15)11-14-5-3-2-4-6-14/h2-8,13H,9-12H2,1H3,(H,17,18,21). The van der Waals surface area contributed by atoms with Gasteiger partial charge in [0.1, 0.15) is 0 Å². The van der Waals surface area contributed by atoms with Crippen LogP contribution in [0.15, 0.2) is 42.6 Å². The Morgan fingerprint density at radius 2 is 2.18 bits per heavy atom. The first kappa shape index (κ1) is 14.6. The molecule has 1 aromatic heterocycles. The third-order valence-corrected chi connectivity index (χ3v) is 3.69. The lowest BCUT2D eigenvalue weighted by Crippen LogP contribution is -2.48. The molecule has 1 aliphatic rings. The number of carbonyl (C=O) groups excluding carboxylic acids is 1. The van der Waals surface area contributed by atoms with E-state index >= 15 is 0 Å². The second-order valence-corrected chi connectivity index (χ2v) is 5.43. The number of hydrogen-bond acceptors (Lipinski definition) is 3. The van der Waals surface area contributed by atoms with Gasteiger partial charge in [-0.05, 0) is 12.5 Å². The lowest BCUT2D eigenvalue weighted by atomic mass is 10.2. The Bertz CT molecular complexity index is 626. The lowest BCUT2D eigenvalue weighted by Gasteiger charge is -2.32. The number of ether oxygens (including phenoxy) is 1. The zero-order valence-electron chi connectivity index (χ0n) is 12.6. The SMILES string of the molecule is CC1COCCN1C(=O)Nc1ccn(Cc2ccccc2)n1. The van der Waals surface area contributed by atoms with E-state index in [0.717, 1.165) is 0 Å². The van der Waals surface area contributed by atoms with Gasteiger partial charge in [0.15, 0.2) is 5.82 Å². The summed E-state index contributed by atoms with van der Waals surface area (Å²) in [5, 5.41) is 7.24. The van der Waals surface area contributed by atoms with Gasteiger partial charge in [0, 0.05) is 18.8 Å². The number of nitrogens with zero attached hydrogens (tertiary/aromatic N) is 3. The molecule has 0 radical (unpaired) electrons. The molecule has 2 amide bonds.